The number of nitrogens with one attached hydrogen (secondary N) is 1. The third kappa shape index (κ3) is 5.02. The number of benzene rings is 2. The summed E-state index contributed by atoms with van der Waals surface area (Å²) in [6, 6.07) is 12.5. The highest BCUT2D eigenvalue weighted by Gasteiger charge is 2.37. The Morgan fingerprint density at radius 2 is 1.51 bits per heavy atom. The van der Waals surface area contributed by atoms with Crippen LogP contribution >= 0.6 is 0 Å². The lowest BCUT2D eigenvalue weighted by Crippen LogP contribution is -2.50. The van der Waals surface area contributed by atoms with E-state index in [4.69, 9.17) is 4.74 Å². The summed E-state index contributed by atoms with van der Waals surface area (Å²) in [6.07, 6.45) is 5.62. The average molecular weight is 480 g/mol. The molecule has 2 aromatic carbocycles. The van der Waals surface area contributed by atoms with Crippen LogP contribution in [0, 0.1) is 13.8 Å². The van der Waals surface area contributed by atoms with Crippen molar-refractivity contribution in [3.63, 3.8) is 0 Å². The highest BCUT2D eigenvalue weighted by Crippen LogP contribution is 2.44. The van der Waals surface area contributed by atoms with Gasteiger partial charge in [-0.2, -0.15) is 0 Å². The minimum absolute atomic E-state index is 0.202. The summed E-state index contributed by atoms with van der Waals surface area (Å²) in [5.74, 6) is -0.787. The lowest BCUT2D eigenvalue weighted by atomic mass is 9.69. The maximum absolute atomic E-state index is 13.0. The van der Waals surface area contributed by atoms with Gasteiger partial charge < -0.3 is 15.2 Å². The SMILES string of the molecule is CCC(CC)(c1ccc(C(=O)NC(C)(C)C(=O)OC)c(C)c1)c1ccc(C2(O)CCCC2)c(C)c1. The third-order valence-corrected chi connectivity index (χ3v) is 8.06. The predicted molar refractivity (Wildman–Crippen MR) is 140 cm³/mol. The first-order valence-electron chi connectivity index (χ1n) is 12.8. The fraction of sp³-hybridized carbons (Fsp3) is 0.533. The molecule has 1 amide bonds. The Balaban J connectivity index is 1.97. The van der Waals surface area contributed by atoms with E-state index < -0.39 is 17.1 Å². The number of ether oxygens (including phenoxy) is 1. The second-order valence-electron chi connectivity index (χ2n) is 10.7. The van der Waals surface area contributed by atoms with Crippen LogP contribution in [-0.2, 0) is 20.5 Å². The highest BCUT2D eigenvalue weighted by molar-refractivity contribution is 5.99. The van der Waals surface area contributed by atoms with Gasteiger partial charge in [0.15, 0.2) is 0 Å². The number of esters is 1. The molecule has 5 nitrogen and oxygen atoms in total. The Bertz CT molecular complexity index is 1090. The van der Waals surface area contributed by atoms with Gasteiger partial charge in [0.05, 0.1) is 12.7 Å². The van der Waals surface area contributed by atoms with Gasteiger partial charge in [-0.25, -0.2) is 4.79 Å². The van der Waals surface area contributed by atoms with Gasteiger partial charge in [-0.15, -0.1) is 0 Å². The zero-order chi connectivity index (χ0) is 26.0. The minimum atomic E-state index is -1.11. The minimum Gasteiger partial charge on any atom is -0.467 e. The number of carbonyl (C=O) groups excluding carboxylic acids is 2. The second kappa shape index (κ2) is 10.1. The molecule has 0 unspecified atom stereocenters. The molecule has 0 aromatic heterocycles. The molecular weight excluding hydrogens is 438 g/mol. The molecule has 0 aliphatic heterocycles. The molecule has 5 heteroatoms. The van der Waals surface area contributed by atoms with Gasteiger partial charge in [0.25, 0.3) is 5.91 Å². The monoisotopic (exact) mass is 479 g/mol. The fourth-order valence-electron chi connectivity index (χ4n) is 5.82. The lowest BCUT2D eigenvalue weighted by molar-refractivity contribution is -0.146. The Kier molecular flexibility index (Phi) is 7.80. The van der Waals surface area contributed by atoms with Gasteiger partial charge in [-0.3, -0.25) is 4.79 Å². The Morgan fingerprint density at radius 3 is 2.00 bits per heavy atom. The Labute approximate surface area is 210 Å². The molecule has 35 heavy (non-hydrogen) atoms. The topological polar surface area (TPSA) is 75.6 Å². The molecule has 0 radical (unpaired) electrons. The first kappa shape index (κ1) is 26.9. The molecule has 190 valence electrons. The number of rotatable bonds is 8. The lowest BCUT2D eigenvalue weighted by Gasteiger charge is -2.35. The van der Waals surface area contributed by atoms with E-state index in [0.717, 1.165) is 60.8 Å². The van der Waals surface area contributed by atoms with Crippen molar-refractivity contribution in [1.29, 1.82) is 0 Å². The zero-order valence-corrected chi connectivity index (χ0v) is 22.4. The zero-order valence-electron chi connectivity index (χ0n) is 22.4. The van der Waals surface area contributed by atoms with Crippen molar-refractivity contribution >= 4 is 11.9 Å². The molecule has 0 bridgehead atoms. The number of hydrogen-bond acceptors (Lipinski definition) is 4. The fourth-order valence-corrected chi connectivity index (χ4v) is 5.82. The summed E-state index contributed by atoms with van der Waals surface area (Å²) in [6.45, 7) is 11.7. The standard InChI is InChI=1S/C30H41NO4/c1-8-29(9-2,23-13-15-25(21(4)19-23)30(34)16-10-11-17-30)22-12-14-24(20(3)18-22)26(32)31-28(5,6)27(33)35-7/h12-15,18-19,34H,8-11,16-17H2,1-7H3,(H,31,32). The van der Waals surface area contributed by atoms with E-state index >= 15 is 0 Å². The van der Waals surface area contributed by atoms with Crippen molar-refractivity contribution in [1.82, 2.24) is 5.32 Å². The summed E-state index contributed by atoms with van der Waals surface area (Å²) in [5, 5.41) is 13.9. The van der Waals surface area contributed by atoms with Crippen molar-refractivity contribution in [3.8, 4) is 0 Å². The molecule has 0 spiro atoms. The van der Waals surface area contributed by atoms with Crippen molar-refractivity contribution < 1.29 is 19.4 Å². The van der Waals surface area contributed by atoms with Crippen molar-refractivity contribution in [2.45, 2.75) is 96.6 Å². The van der Waals surface area contributed by atoms with Gasteiger partial charge in [-0.05, 0) is 87.3 Å². The Morgan fingerprint density at radius 1 is 0.971 bits per heavy atom. The smallest absolute Gasteiger partial charge is 0.330 e. The summed E-state index contributed by atoms with van der Waals surface area (Å²) in [7, 11) is 1.31. The number of aryl methyl sites for hydroxylation is 2. The molecule has 3 rings (SSSR count). The van der Waals surface area contributed by atoms with Gasteiger partial charge in [0.1, 0.15) is 5.54 Å². The van der Waals surface area contributed by atoms with E-state index in [-0.39, 0.29) is 11.3 Å². The van der Waals surface area contributed by atoms with E-state index in [1.165, 1.54) is 12.7 Å². The molecule has 0 heterocycles. The maximum atomic E-state index is 13.0. The number of hydrogen-bond donors (Lipinski definition) is 2. The van der Waals surface area contributed by atoms with E-state index in [0.29, 0.717) is 5.56 Å². The number of methoxy groups -OCH3 is 1. The van der Waals surface area contributed by atoms with Crippen LogP contribution in [0.3, 0.4) is 0 Å². The van der Waals surface area contributed by atoms with E-state index in [9.17, 15) is 14.7 Å². The molecular formula is C30H41NO4. The second-order valence-corrected chi connectivity index (χ2v) is 10.7. The molecule has 1 saturated carbocycles. The largest absolute Gasteiger partial charge is 0.467 e. The Hall–Kier alpha value is -2.66. The first-order valence-corrected chi connectivity index (χ1v) is 12.8. The maximum Gasteiger partial charge on any atom is 0.330 e. The van der Waals surface area contributed by atoms with Crippen LogP contribution < -0.4 is 5.32 Å². The molecule has 1 fully saturated rings. The van der Waals surface area contributed by atoms with Crippen molar-refractivity contribution in [3.05, 3.63) is 69.8 Å². The first-order chi connectivity index (χ1) is 16.4. The van der Waals surface area contributed by atoms with Crippen LogP contribution in [0.25, 0.3) is 0 Å². The third-order valence-electron chi connectivity index (χ3n) is 8.06. The van der Waals surface area contributed by atoms with E-state index in [2.05, 4.69) is 50.4 Å². The predicted octanol–water partition coefficient (Wildman–Crippen LogP) is 5.85. The van der Waals surface area contributed by atoms with Gasteiger partial charge in [-0.1, -0.05) is 57.0 Å². The average Bonchev–Trinajstić information content (AvgIpc) is 3.26. The van der Waals surface area contributed by atoms with Crippen LogP contribution in [0.2, 0.25) is 0 Å². The summed E-state index contributed by atoms with van der Waals surface area (Å²) in [5.41, 5.74) is 3.97. The van der Waals surface area contributed by atoms with Gasteiger partial charge >= 0.3 is 5.97 Å². The summed E-state index contributed by atoms with van der Waals surface area (Å²) < 4.78 is 4.81. The van der Waals surface area contributed by atoms with Crippen LogP contribution in [-0.4, -0.2) is 29.6 Å². The van der Waals surface area contributed by atoms with E-state index in [1.807, 2.05) is 19.1 Å². The van der Waals surface area contributed by atoms with Crippen LogP contribution in [0.4, 0.5) is 0 Å². The quantitative estimate of drug-likeness (QED) is 0.466. The molecule has 2 aromatic rings. The number of amides is 1. The molecule has 1 aliphatic rings. The molecule has 2 N–H and O–H groups in total. The number of carbonyl (C=O) groups is 2. The number of aliphatic hydroxyl groups is 1. The van der Waals surface area contributed by atoms with Gasteiger partial charge in [0, 0.05) is 11.0 Å². The molecule has 0 saturated heterocycles. The van der Waals surface area contributed by atoms with E-state index in [1.54, 1.807) is 13.8 Å². The van der Waals surface area contributed by atoms with Crippen molar-refractivity contribution in [2.75, 3.05) is 7.11 Å². The highest BCUT2D eigenvalue weighted by atomic mass is 16.5. The van der Waals surface area contributed by atoms with Crippen LogP contribution in [0.1, 0.15) is 104 Å². The van der Waals surface area contributed by atoms with Gasteiger partial charge in [0.2, 0.25) is 0 Å². The van der Waals surface area contributed by atoms with Crippen molar-refractivity contribution in [2.24, 2.45) is 0 Å². The molecule has 1 aliphatic carbocycles. The van der Waals surface area contributed by atoms with Crippen LogP contribution in [0.5, 0.6) is 0 Å². The normalized spacial score (nSPS) is 15.7. The summed E-state index contributed by atoms with van der Waals surface area (Å²) >= 11 is 0. The summed E-state index contributed by atoms with van der Waals surface area (Å²) in [4.78, 5) is 25.0. The van der Waals surface area contributed by atoms with Crippen LogP contribution in [0.15, 0.2) is 36.4 Å². The molecule has 0 atom stereocenters.